The van der Waals surface area contributed by atoms with Crippen LogP contribution < -0.4 is 0 Å². The van der Waals surface area contributed by atoms with Crippen molar-refractivity contribution < 1.29 is 14.7 Å². The van der Waals surface area contributed by atoms with Gasteiger partial charge in [-0.1, -0.05) is 30.0 Å². The van der Waals surface area contributed by atoms with Crippen molar-refractivity contribution in [2.75, 3.05) is 26.2 Å². The minimum atomic E-state index is -0.239. The first kappa shape index (κ1) is 17.1. The summed E-state index contributed by atoms with van der Waals surface area (Å²) in [5, 5.41) is 10.9. The molecular weight excluding hydrogens is 340 g/mol. The van der Waals surface area contributed by atoms with E-state index in [0.29, 0.717) is 15.8 Å². The topological polar surface area (TPSA) is 60.9 Å². The maximum atomic E-state index is 12.4. The minimum Gasteiger partial charge on any atom is -0.395 e. The van der Waals surface area contributed by atoms with Gasteiger partial charge in [0.15, 0.2) is 0 Å². The Morgan fingerprint density at radius 2 is 2.32 bits per heavy atom. The highest BCUT2D eigenvalue weighted by Gasteiger charge is 2.34. The first-order valence-electron chi connectivity index (χ1n) is 6.74. The lowest BCUT2D eigenvalue weighted by molar-refractivity contribution is -0.135. The summed E-state index contributed by atoms with van der Waals surface area (Å²) in [6, 6.07) is 3.83. The van der Waals surface area contributed by atoms with E-state index in [-0.39, 0.29) is 31.5 Å². The van der Waals surface area contributed by atoms with Gasteiger partial charge in [-0.15, -0.1) is 11.3 Å². The maximum absolute atomic E-state index is 12.4. The Balaban J connectivity index is 2.08. The Morgan fingerprint density at radius 3 is 2.91 bits per heavy atom. The number of hydrogen-bond acceptors (Lipinski definition) is 6. The molecule has 2 amide bonds. The van der Waals surface area contributed by atoms with Gasteiger partial charge >= 0.3 is 0 Å². The van der Waals surface area contributed by atoms with E-state index in [4.69, 9.17) is 17.3 Å². The molecule has 0 unspecified atom stereocenters. The normalized spacial score (nSPS) is 16.6. The third-order valence-electron chi connectivity index (χ3n) is 3.09. The molecule has 1 aliphatic heterocycles. The Kier molecular flexibility index (Phi) is 6.13. The quantitative estimate of drug-likeness (QED) is 0.622. The summed E-state index contributed by atoms with van der Waals surface area (Å²) in [4.78, 5) is 28.9. The number of aliphatic hydroxyl groups is 1. The molecule has 1 aromatic heterocycles. The number of rotatable bonds is 6. The summed E-state index contributed by atoms with van der Waals surface area (Å²) in [6.07, 6.45) is 1.79. The van der Waals surface area contributed by atoms with Gasteiger partial charge in [0.05, 0.1) is 11.5 Å². The molecule has 5 nitrogen and oxygen atoms in total. The lowest BCUT2D eigenvalue weighted by atomic mass is 10.3. The Labute approximate surface area is 142 Å². The standard InChI is InChI=1S/C14H16N2O3S3/c1-2-15(5-6-17)12(18)9-16-13(19)11(22-14(16)20)8-10-4-3-7-21-10/h3-4,7-8,17H,2,5-6,9H2,1H3. The zero-order chi connectivity index (χ0) is 16.1. The highest BCUT2D eigenvalue weighted by atomic mass is 32.2. The Bertz CT molecular complexity index is 598. The number of carbonyl (C=O) groups excluding carboxylic acids is 2. The third-order valence-corrected chi connectivity index (χ3v) is 5.28. The Morgan fingerprint density at radius 1 is 1.55 bits per heavy atom. The van der Waals surface area contributed by atoms with Gasteiger partial charge in [-0.2, -0.15) is 0 Å². The van der Waals surface area contributed by atoms with Crippen LogP contribution in [0.15, 0.2) is 22.4 Å². The molecule has 8 heteroatoms. The van der Waals surface area contributed by atoms with Crippen molar-refractivity contribution in [2.45, 2.75) is 6.92 Å². The van der Waals surface area contributed by atoms with E-state index in [1.54, 1.807) is 6.08 Å². The van der Waals surface area contributed by atoms with Crippen LogP contribution in [0, 0.1) is 0 Å². The van der Waals surface area contributed by atoms with Gasteiger partial charge in [-0.3, -0.25) is 14.5 Å². The second kappa shape index (κ2) is 7.87. The van der Waals surface area contributed by atoms with Gasteiger partial charge < -0.3 is 10.0 Å². The lowest BCUT2D eigenvalue weighted by Gasteiger charge is -2.22. The number of thiophene rings is 1. The number of thiocarbonyl (C=S) groups is 1. The zero-order valence-corrected chi connectivity index (χ0v) is 14.5. The largest absolute Gasteiger partial charge is 0.395 e. The van der Waals surface area contributed by atoms with Crippen molar-refractivity contribution in [2.24, 2.45) is 0 Å². The summed E-state index contributed by atoms with van der Waals surface area (Å²) in [7, 11) is 0. The van der Waals surface area contributed by atoms with Gasteiger partial charge in [0, 0.05) is 18.0 Å². The predicted molar refractivity (Wildman–Crippen MR) is 93.5 cm³/mol. The summed E-state index contributed by atoms with van der Waals surface area (Å²) in [5.74, 6) is -0.456. The molecule has 1 N–H and O–H groups in total. The molecule has 1 fully saturated rings. The van der Waals surface area contributed by atoms with Crippen LogP contribution in [0.3, 0.4) is 0 Å². The fraction of sp³-hybridized carbons (Fsp3) is 0.357. The van der Waals surface area contributed by atoms with Gasteiger partial charge in [0.25, 0.3) is 5.91 Å². The third kappa shape index (κ3) is 3.95. The summed E-state index contributed by atoms with van der Waals surface area (Å²) in [5.41, 5.74) is 0. The molecule has 22 heavy (non-hydrogen) atoms. The SMILES string of the molecule is CCN(CCO)C(=O)CN1C(=O)C(=Cc2cccs2)SC1=S. The second-order valence-corrected chi connectivity index (χ2v) is 7.14. The monoisotopic (exact) mass is 356 g/mol. The smallest absolute Gasteiger partial charge is 0.266 e. The highest BCUT2D eigenvalue weighted by molar-refractivity contribution is 8.26. The second-order valence-electron chi connectivity index (χ2n) is 4.48. The molecule has 0 aromatic carbocycles. The van der Waals surface area contributed by atoms with E-state index in [9.17, 15) is 9.59 Å². The lowest BCUT2D eigenvalue weighted by Crippen LogP contribution is -2.43. The van der Waals surface area contributed by atoms with Crippen molar-refractivity contribution >= 4 is 57.5 Å². The molecule has 118 valence electrons. The van der Waals surface area contributed by atoms with E-state index >= 15 is 0 Å². The number of carbonyl (C=O) groups is 2. The molecule has 1 aromatic rings. The van der Waals surface area contributed by atoms with Crippen molar-refractivity contribution in [3.63, 3.8) is 0 Å². The predicted octanol–water partition coefficient (Wildman–Crippen LogP) is 1.79. The van der Waals surface area contributed by atoms with Crippen LogP contribution in [0.4, 0.5) is 0 Å². The Hall–Kier alpha value is -1.22. The summed E-state index contributed by atoms with van der Waals surface area (Å²) >= 11 is 7.95. The molecule has 2 heterocycles. The zero-order valence-electron chi connectivity index (χ0n) is 12.0. The van der Waals surface area contributed by atoms with E-state index in [1.807, 2.05) is 24.4 Å². The number of thioether (sulfide) groups is 1. The molecule has 1 saturated heterocycles. The number of aliphatic hydroxyl groups excluding tert-OH is 1. The molecular formula is C14H16N2O3S3. The van der Waals surface area contributed by atoms with Crippen LogP contribution >= 0.6 is 35.3 Å². The fourth-order valence-corrected chi connectivity index (χ4v) is 3.93. The molecule has 2 rings (SSSR count). The van der Waals surface area contributed by atoms with Gasteiger partial charge in [0.1, 0.15) is 10.9 Å². The number of hydrogen-bond donors (Lipinski definition) is 1. The van der Waals surface area contributed by atoms with E-state index < -0.39 is 0 Å². The van der Waals surface area contributed by atoms with Gasteiger partial charge in [0.2, 0.25) is 5.91 Å². The number of nitrogens with zero attached hydrogens (tertiary/aromatic N) is 2. The molecule has 1 aliphatic rings. The average molecular weight is 356 g/mol. The van der Waals surface area contributed by atoms with Crippen LogP contribution in [0.5, 0.6) is 0 Å². The summed E-state index contributed by atoms with van der Waals surface area (Å²) < 4.78 is 0.390. The molecule has 0 aliphatic carbocycles. The molecule has 0 bridgehead atoms. The van der Waals surface area contributed by atoms with Crippen LogP contribution in [0.25, 0.3) is 6.08 Å². The van der Waals surface area contributed by atoms with Crippen molar-refractivity contribution in [1.29, 1.82) is 0 Å². The van der Waals surface area contributed by atoms with Crippen molar-refractivity contribution in [1.82, 2.24) is 9.80 Å². The number of amides is 2. The van der Waals surface area contributed by atoms with Crippen molar-refractivity contribution in [3.8, 4) is 0 Å². The number of likely N-dealkylation sites (N-methyl/N-ethyl adjacent to an activating group) is 1. The first-order chi connectivity index (χ1) is 10.6. The van der Waals surface area contributed by atoms with Crippen LogP contribution in [0.1, 0.15) is 11.8 Å². The summed E-state index contributed by atoms with van der Waals surface area (Å²) in [6.45, 7) is 2.39. The van der Waals surface area contributed by atoms with Gasteiger partial charge in [-0.25, -0.2) is 0 Å². The van der Waals surface area contributed by atoms with E-state index in [0.717, 1.165) is 4.88 Å². The van der Waals surface area contributed by atoms with Crippen LogP contribution in [0.2, 0.25) is 0 Å². The maximum Gasteiger partial charge on any atom is 0.266 e. The van der Waals surface area contributed by atoms with Gasteiger partial charge in [-0.05, 0) is 24.4 Å². The van der Waals surface area contributed by atoms with Crippen LogP contribution in [-0.4, -0.2) is 57.3 Å². The first-order valence-corrected chi connectivity index (χ1v) is 8.84. The molecule has 0 spiro atoms. The van der Waals surface area contributed by atoms with E-state index in [1.165, 1.54) is 32.9 Å². The van der Waals surface area contributed by atoms with Crippen LogP contribution in [-0.2, 0) is 9.59 Å². The van der Waals surface area contributed by atoms with E-state index in [2.05, 4.69) is 0 Å². The van der Waals surface area contributed by atoms with Crippen molar-refractivity contribution in [3.05, 3.63) is 27.3 Å². The highest BCUT2D eigenvalue weighted by Crippen LogP contribution is 2.33. The molecule has 0 radical (unpaired) electrons. The minimum absolute atomic E-state index is 0.0830. The average Bonchev–Trinajstić information content (AvgIpc) is 3.09. The molecule has 0 saturated carbocycles. The fourth-order valence-electron chi connectivity index (χ4n) is 1.95. The molecule has 0 atom stereocenters.